The number of aromatic nitrogens is 2. The van der Waals surface area contributed by atoms with Crippen LogP contribution < -0.4 is 11.1 Å². The molecule has 0 aliphatic rings. The predicted octanol–water partition coefficient (Wildman–Crippen LogP) is 2.80. The molecule has 2 heterocycles. The second-order valence-electron chi connectivity index (χ2n) is 3.31. The normalized spacial score (nSPS) is 10.4. The Hall–Kier alpha value is -1.14. The minimum atomic E-state index is 0.645. The van der Waals surface area contributed by atoms with Crippen LogP contribution in [0.1, 0.15) is 10.6 Å². The van der Waals surface area contributed by atoms with Gasteiger partial charge in [0.25, 0.3) is 0 Å². The smallest absolute Gasteiger partial charge is 0.140 e. The van der Waals surface area contributed by atoms with E-state index in [-0.39, 0.29) is 0 Å². The maximum absolute atomic E-state index is 5.61. The van der Waals surface area contributed by atoms with Gasteiger partial charge >= 0.3 is 0 Å². The lowest BCUT2D eigenvalue weighted by atomic mass is 10.3. The highest BCUT2D eigenvalue weighted by molar-refractivity contribution is 9.10. The Kier molecular flexibility index (Phi) is 3.40. The Morgan fingerprint density at radius 3 is 2.94 bits per heavy atom. The maximum atomic E-state index is 5.61. The van der Waals surface area contributed by atoms with E-state index in [0.717, 1.165) is 22.5 Å². The molecule has 0 bridgehead atoms. The number of nitrogens with zero attached hydrogens (tertiary/aromatic N) is 2. The summed E-state index contributed by atoms with van der Waals surface area (Å²) in [5.74, 6) is 0.794. The van der Waals surface area contributed by atoms with E-state index in [4.69, 9.17) is 5.73 Å². The molecule has 84 valence electrons. The molecule has 0 saturated carbocycles. The van der Waals surface area contributed by atoms with Crippen molar-refractivity contribution >= 4 is 38.8 Å². The highest BCUT2D eigenvalue weighted by atomic mass is 79.9. The van der Waals surface area contributed by atoms with E-state index < -0.39 is 0 Å². The fourth-order valence-corrected chi connectivity index (χ4v) is 2.47. The zero-order valence-corrected chi connectivity index (χ0v) is 11.1. The van der Waals surface area contributed by atoms with Gasteiger partial charge in [-0.25, -0.2) is 9.97 Å². The lowest BCUT2D eigenvalue weighted by Gasteiger charge is -2.07. The molecule has 6 heteroatoms. The van der Waals surface area contributed by atoms with Crippen molar-refractivity contribution in [3.8, 4) is 0 Å². The largest absolute Gasteiger partial charge is 0.397 e. The molecule has 0 aliphatic carbocycles. The number of pyridine rings is 1. The Bertz CT molecular complexity index is 497. The number of hydrogen-bond donors (Lipinski definition) is 2. The predicted molar refractivity (Wildman–Crippen MR) is 70.5 cm³/mol. The van der Waals surface area contributed by atoms with Gasteiger partial charge in [-0.05, 0) is 28.9 Å². The maximum Gasteiger partial charge on any atom is 0.140 e. The Balaban J connectivity index is 2.08. The highest BCUT2D eigenvalue weighted by Crippen LogP contribution is 2.23. The van der Waals surface area contributed by atoms with Gasteiger partial charge in [-0.2, -0.15) is 0 Å². The van der Waals surface area contributed by atoms with Crippen LogP contribution in [-0.2, 0) is 6.54 Å². The molecule has 0 saturated heterocycles. The molecule has 0 amide bonds. The number of nitrogen functional groups attached to an aromatic ring is 1. The molecule has 0 radical (unpaired) electrons. The summed E-state index contributed by atoms with van der Waals surface area (Å²) in [5, 5.41) is 3.24. The molecule has 0 aromatic carbocycles. The summed E-state index contributed by atoms with van der Waals surface area (Å²) >= 11 is 5.05. The molecule has 0 spiro atoms. The van der Waals surface area contributed by atoms with E-state index >= 15 is 0 Å². The summed E-state index contributed by atoms with van der Waals surface area (Å²) in [5.41, 5.74) is 9.16. The third kappa shape index (κ3) is 2.51. The number of nitrogens with two attached hydrogens (primary N) is 1. The van der Waals surface area contributed by atoms with Crippen LogP contribution in [0.5, 0.6) is 0 Å². The quantitative estimate of drug-likeness (QED) is 0.914. The first kappa shape index (κ1) is 11.3. The van der Waals surface area contributed by atoms with Gasteiger partial charge in [0.1, 0.15) is 5.82 Å². The van der Waals surface area contributed by atoms with E-state index in [9.17, 15) is 0 Å². The number of thiazole rings is 1. The van der Waals surface area contributed by atoms with Crippen LogP contribution in [0.2, 0.25) is 0 Å². The second kappa shape index (κ2) is 4.80. The van der Waals surface area contributed by atoms with Gasteiger partial charge in [0.2, 0.25) is 0 Å². The van der Waals surface area contributed by atoms with Crippen LogP contribution >= 0.6 is 27.3 Å². The van der Waals surface area contributed by atoms with Gasteiger partial charge in [0.15, 0.2) is 0 Å². The van der Waals surface area contributed by atoms with Gasteiger partial charge in [-0.3, -0.25) is 0 Å². The summed E-state index contributed by atoms with van der Waals surface area (Å²) in [6.45, 7) is 2.73. The van der Waals surface area contributed by atoms with E-state index in [1.165, 1.54) is 4.88 Å². The number of hydrogen-bond acceptors (Lipinski definition) is 5. The molecule has 0 fully saturated rings. The lowest BCUT2D eigenvalue weighted by Crippen LogP contribution is -2.02. The van der Waals surface area contributed by atoms with Crippen molar-refractivity contribution < 1.29 is 0 Å². The molecule has 0 unspecified atom stereocenters. The summed E-state index contributed by atoms with van der Waals surface area (Å²) in [6.07, 6.45) is 1.63. The fraction of sp³-hybridized carbons (Fsp3) is 0.200. The topological polar surface area (TPSA) is 63.8 Å². The first-order chi connectivity index (χ1) is 7.66. The zero-order valence-electron chi connectivity index (χ0n) is 8.70. The first-order valence-electron chi connectivity index (χ1n) is 4.70. The molecule has 2 rings (SSSR count). The molecule has 0 aliphatic heterocycles. The van der Waals surface area contributed by atoms with E-state index in [0.29, 0.717) is 5.69 Å². The first-order valence-corrected chi connectivity index (χ1v) is 6.38. The van der Waals surface area contributed by atoms with Crippen LogP contribution in [0.3, 0.4) is 0 Å². The third-order valence-corrected chi connectivity index (χ3v) is 3.66. The molecule has 0 atom stereocenters. The van der Waals surface area contributed by atoms with E-state index in [1.54, 1.807) is 17.5 Å². The van der Waals surface area contributed by atoms with Crippen LogP contribution in [0.25, 0.3) is 0 Å². The number of halogens is 1. The zero-order chi connectivity index (χ0) is 11.5. The van der Waals surface area contributed by atoms with Crippen LogP contribution in [-0.4, -0.2) is 9.97 Å². The van der Waals surface area contributed by atoms with Crippen molar-refractivity contribution in [3.05, 3.63) is 32.8 Å². The summed E-state index contributed by atoms with van der Waals surface area (Å²) in [4.78, 5) is 9.61. The molecular weight excluding hydrogens is 288 g/mol. The number of aryl methyl sites for hydroxylation is 1. The van der Waals surface area contributed by atoms with E-state index in [2.05, 4.69) is 31.2 Å². The molecular formula is C10H11BrN4S. The average molecular weight is 299 g/mol. The number of anilines is 2. The van der Waals surface area contributed by atoms with E-state index in [1.807, 2.05) is 18.5 Å². The molecule has 2 aromatic heterocycles. The standard InChI is InChI=1S/C10H11BrN4S/c1-6-9(16-5-15-6)4-14-10-8(11)2-7(12)3-13-10/h2-3,5H,4,12H2,1H3,(H,13,14). The lowest BCUT2D eigenvalue weighted by molar-refractivity contribution is 1.09. The van der Waals surface area contributed by atoms with Crippen LogP contribution in [0, 0.1) is 6.92 Å². The Morgan fingerprint density at radius 2 is 2.31 bits per heavy atom. The highest BCUT2D eigenvalue weighted by Gasteiger charge is 2.04. The summed E-state index contributed by atoms with van der Waals surface area (Å²) < 4.78 is 0.870. The molecule has 3 N–H and O–H groups in total. The summed E-state index contributed by atoms with van der Waals surface area (Å²) in [6, 6.07) is 1.83. The molecule has 4 nitrogen and oxygen atoms in total. The van der Waals surface area contributed by atoms with Gasteiger partial charge in [0, 0.05) is 4.88 Å². The fourth-order valence-electron chi connectivity index (χ4n) is 1.24. The van der Waals surface area contributed by atoms with Gasteiger partial charge in [-0.15, -0.1) is 11.3 Å². The van der Waals surface area contributed by atoms with Crippen molar-refractivity contribution in [2.24, 2.45) is 0 Å². The second-order valence-corrected chi connectivity index (χ2v) is 5.11. The van der Waals surface area contributed by atoms with Crippen LogP contribution in [0.4, 0.5) is 11.5 Å². The minimum absolute atomic E-state index is 0.645. The SMILES string of the molecule is Cc1ncsc1CNc1ncc(N)cc1Br. The Morgan fingerprint density at radius 1 is 1.50 bits per heavy atom. The number of rotatable bonds is 3. The third-order valence-electron chi connectivity index (χ3n) is 2.12. The van der Waals surface area contributed by atoms with Gasteiger partial charge in [-0.1, -0.05) is 0 Å². The number of nitrogens with one attached hydrogen (secondary N) is 1. The average Bonchev–Trinajstić information content (AvgIpc) is 2.63. The van der Waals surface area contributed by atoms with Crippen molar-refractivity contribution in [1.82, 2.24) is 9.97 Å². The monoisotopic (exact) mass is 298 g/mol. The van der Waals surface area contributed by atoms with Gasteiger partial charge < -0.3 is 11.1 Å². The van der Waals surface area contributed by atoms with Crippen LogP contribution in [0.15, 0.2) is 22.2 Å². The van der Waals surface area contributed by atoms with Crippen molar-refractivity contribution in [2.45, 2.75) is 13.5 Å². The van der Waals surface area contributed by atoms with Gasteiger partial charge in [0.05, 0.1) is 34.1 Å². The molecule has 2 aromatic rings. The molecule has 16 heavy (non-hydrogen) atoms. The summed E-state index contributed by atoms with van der Waals surface area (Å²) in [7, 11) is 0. The van der Waals surface area contributed by atoms with Crippen molar-refractivity contribution in [1.29, 1.82) is 0 Å². The van der Waals surface area contributed by atoms with Crippen molar-refractivity contribution in [3.63, 3.8) is 0 Å². The minimum Gasteiger partial charge on any atom is -0.397 e. The Labute approximate surface area is 106 Å². The van der Waals surface area contributed by atoms with Crippen molar-refractivity contribution in [2.75, 3.05) is 11.1 Å².